The zero-order valence-electron chi connectivity index (χ0n) is 13.7. The minimum Gasteiger partial charge on any atom is -0.313 e. The van der Waals surface area contributed by atoms with E-state index in [-0.39, 0.29) is 0 Å². The monoisotopic (exact) mass is 280 g/mol. The van der Waals surface area contributed by atoms with Crippen LogP contribution in [0.15, 0.2) is 6.33 Å². The number of rotatable bonds is 11. The summed E-state index contributed by atoms with van der Waals surface area (Å²) in [6.07, 6.45) is 9.02. The summed E-state index contributed by atoms with van der Waals surface area (Å²) in [5.74, 6) is 1.86. The smallest absolute Gasteiger partial charge is 0.138 e. The number of unbranched alkanes of at least 4 members (excludes halogenated alkanes) is 1. The molecular weight excluding hydrogens is 248 g/mol. The average molecular weight is 280 g/mol. The first-order valence-corrected chi connectivity index (χ1v) is 8.36. The van der Waals surface area contributed by atoms with Gasteiger partial charge in [0.25, 0.3) is 0 Å². The van der Waals surface area contributed by atoms with Gasteiger partial charge in [-0.2, -0.15) is 5.10 Å². The van der Waals surface area contributed by atoms with Gasteiger partial charge in [0.2, 0.25) is 0 Å². The standard InChI is InChI=1S/C16H32N4/c1-5-9-10-14(7-3)15(17-11-6-2)12-16-18-13-19-20(16)8-4/h13-15,17H,5-12H2,1-4H3. The summed E-state index contributed by atoms with van der Waals surface area (Å²) in [6, 6.07) is 0.529. The van der Waals surface area contributed by atoms with E-state index in [1.54, 1.807) is 6.33 Å². The van der Waals surface area contributed by atoms with Crippen molar-refractivity contribution in [1.82, 2.24) is 20.1 Å². The fraction of sp³-hybridized carbons (Fsp3) is 0.875. The predicted octanol–water partition coefficient (Wildman–Crippen LogP) is 3.43. The van der Waals surface area contributed by atoms with Crippen LogP contribution in [0.5, 0.6) is 0 Å². The van der Waals surface area contributed by atoms with E-state index in [4.69, 9.17) is 0 Å². The Labute approximate surface area is 124 Å². The second-order valence-corrected chi connectivity index (χ2v) is 5.57. The third kappa shape index (κ3) is 5.23. The van der Waals surface area contributed by atoms with Crippen molar-refractivity contribution in [3.8, 4) is 0 Å². The molecule has 0 aliphatic heterocycles. The van der Waals surface area contributed by atoms with E-state index < -0.39 is 0 Å². The molecule has 116 valence electrons. The number of aromatic nitrogens is 3. The molecule has 0 fully saturated rings. The van der Waals surface area contributed by atoms with Gasteiger partial charge in [0.15, 0.2) is 0 Å². The van der Waals surface area contributed by atoms with Crippen LogP contribution in [0.25, 0.3) is 0 Å². The van der Waals surface area contributed by atoms with Crippen LogP contribution >= 0.6 is 0 Å². The van der Waals surface area contributed by atoms with Crippen molar-refractivity contribution < 1.29 is 0 Å². The molecule has 2 atom stereocenters. The molecule has 0 spiro atoms. The lowest BCUT2D eigenvalue weighted by Gasteiger charge is -2.27. The van der Waals surface area contributed by atoms with Crippen LogP contribution in [0.1, 0.15) is 65.6 Å². The quantitative estimate of drug-likeness (QED) is 0.675. The Kier molecular flexibility index (Phi) is 8.51. The summed E-state index contributed by atoms with van der Waals surface area (Å²) in [4.78, 5) is 4.44. The number of nitrogens with one attached hydrogen (secondary N) is 1. The summed E-state index contributed by atoms with van der Waals surface area (Å²) in [5.41, 5.74) is 0. The van der Waals surface area contributed by atoms with Gasteiger partial charge >= 0.3 is 0 Å². The number of hydrogen-bond donors (Lipinski definition) is 1. The molecule has 20 heavy (non-hydrogen) atoms. The highest BCUT2D eigenvalue weighted by molar-refractivity contribution is 4.92. The minimum atomic E-state index is 0.529. The van der Waals surface area contributed by atoms with Gasteiger partial charge in [-0.05, 0) is 32.2 Å². The van der Waals surface area contributed by atoms with Crippen LogP contribution in [0.3, 0.4) is 0 Å². The maximum absolute atomic E-state index is 4.44. The molecule has 0 amide bonds. The zero-order chi connectivity index (χ0) is 14.8. The van der Waals surface area contributed by atoms with Gasteiger partial charge in [0.1, 0.15) is 12.2 Å². The number of aryl methyl sites for hydroxylation is 1. The van der Waals surface area contributed by atoms with Gasteiger partial charge in [-0.15, -0.1) is 0 Å². The molecule has 4 nitrogen and oxygen atoms in total. The van der Waals surface area contributed by atoms with E-state index in [0.717, 1.165) is 31.3 Å². The molecule has 0 saturated carbocycles. The van der Waals surface area contributed by atoms with Gasteiger partial charge < -0.3 is 5.32 Å². The topological polar surface area (TPSA) is 42.7 Å². The van der Waals surface area contributed by atoms with E-state index in [1.807, 2.05) is 4.68 Å². The number of nitrogens with zero attached hydrogens (tertiary/aromatic N) is 3. The molecule has 0 radical (unpaired) electrons. The molecule has 1 aromatic heterocycles. The van der Waals surface area contributed by atoms with Crippen molar-refractivity contribution in [2.75, 3.05) is 6.54 Å². The van der Waals surface area contributed by atoms with Crippen LogP contribution in [0, 0.1) is 5.92 Å². The first-order valence-electron chi connectivity index (χ1n) is 8.36. The third-order valence-corrected chi connectivity index (χ3v) is 4.08. The fourth-order valence-electron chi connectivity index (χ4n) is 2.80. The summed E-state index contributed by atoms with van der Waals surface area (Å²) >= 11 is 0. The Bertz CT molecular complexity index is 348. The van der Waals surface area contributed by atoms with E-state index in [2.05, 4.69) is 43.1 Å². The van der Waals surface area contributed by atoms with Crippen LogP contribution < -0.4 is 5.32 Å². The maximum atomic E-state index is 4.44. The molecule has 0 bridgehead atoms. The van der Waals surface area contributed by atoms with Crippen molar-refractivity contribution in [2.45, 2.75) is 78.8 Å². The lowest BCUT2D eigenvalue weighted by molar-refractivity contribution is 0.309. The van der Waals surface area contributed by atoms with Gasteiger partial charge in [-0.1, -0.05) is 40.0 Å². The second kappa shape index (κ2) is 9.92. The van der Waals surface area contributed by atoms with Crippen molar-refractivity contribution in [3.05, 3.63) is 12.2 Å². The number of hydrogen-bond acceptors (Lipinski definition) is 3. The molecule has 1 heterocycles. The molecule has 0 saturated heterocycles. The second-order valence-electron chi connectivity index (χ2n) is 5.57. The van der Waals surface area contributed by atoms with Gasteiger partial charge in [0.05, 0.1) is 0 Å². The van der Waals surface area contributed by atoms with Crippen LogP contribution in [-0.2, 0) is 13.0 Å². The summed E-state index contributed by atoms with van der Waals surface area (Å²) in [5, 5.41) is 8.03. The molecular formula is C16H32N4. The molecule has 1 N–H and O–H groups in total. The highest BCUT2D eigenvalue weighted by Gasteiger charge is 2.21. The lowest BCUT2D eigenvalue weighted by atomic mass is 9.89. The van der Waals surface area contributed by atoms with Crippen LogP contribution in [0.4, 0.5) is 0 Å². The van der Waals surface area contributed by atoms with Crippen molar-refractivity contribution >= 4 is 0 Å². The van der Waals surface area contributed by atoms with E-state index in [9.17, 15) is 0 Å². The summed E-state index contributed by atoms with van der Waals surface area (Å²) in [6.45, 7) is 10.9. The van der Waals surface area contributed by atoms with Gasteiger partial charge in [-0.25, -0.2) is 4.98 Å². The van der Waals surface area contributed by atoms with Crippen LogP contribution in [-0.4, -0.2) is 27.4 Å². The molecule has 1 rings (SSSR count). The SMILES string of the molecule is CCCCC(CC)C(Cc1ncnn1CC)NCCC. The third-order valence-electron chi connectivity index (χ3n) is 4.08. The molecule has 4 heteroatoms. The van der Waals surface area contributed by atoms with Crippen molar-refractivity contribution in [2.24, 2.45) is 5.92 Å². The van der Waals surface area contributed by atoms with Crippen molar-refractivity contribution in [3.63, 3.8) is 0 Å². The highest BCUT2D eigenvalue weighted by Crippen LogP contribution is 2.20. The van der Waals surface area contributed by atoms with Gasteiger partial charge in [0, 0.05) is 19.0 Å². The Balaban J connectivity index is 2.71. The molecule has 0 aliphatic carbocycles. The first kappa shape index (κ1) is 17.2. The van der Waals surface area contributed by atoms with E-state index in [0.29, 0.717) is 6.04 Å². The molecule has 2 unspecified atom stereocenters. The Hall–Kier alpha value is -0.900. The maximum Gasteiger partial charge on any atom is 0.138 e. The molecule has 1 aromatic rings. The molecule has 0 aromatic carbocycles. The van der Waals surface area contributed by atoms with Gasteiger partial charge in [-0.3, -0.25) is 4.68 Å². The normalized spacial score (nSPS) is 14.4. The van der Waals surface area contributed by atoms with Crippen molar-refractivity contribution in [1.29, 1.82) is 0 Å². The Morgan fingerprint density at radius 1 is 1.20 bits per heavy atom. The summed E-state index contributed by atoms with van der Waals surface area (Å²) in [7, 11) is 0. The Morgan fingerprint density at radius 2 is 2.00 bits per heavy atom. The van der Waals surface area contributed by atoms with E-state index in [1.165, 1.54) is 32.1 Å². The average Bonchev–Trinajstić information content (AvgIpc) is 2.92. The first-order chi connectivity index (χ1) is 9.76. The largest absolute Gasteiger partial charge is 0.313 e. The Morgan fingerprint density at radius 3 is 2.60 bits per heavy atom. The minimum absolute atomic E-state index is 0.529. The highest BCUT2D eigenvalue weighted by atomic mass is 15.3. The fourth-order valence-corrected chi connectivity index (χ4v) is 2.80. The molecule has 0 aliphatic rings. The van der Waals surface area contributed by atoms with Crippen LogP contribution in [0.2, 0.25) is 0 Å². The lowest BCUT2D eigenvalue weighted by Crippen LogP contribution is -2.39. The summed E-state index contributed by atoms with van der Waals surface area (Å²) < 4.78 is 2.02. The van der Waals surface area contributed by atoms with E-state index >= 15 is 0 Å². The zero-order valence-corrected chi connectivity index (χ0v) is 13.7. The predicted molar refractivity (Wildman–Crippen MR) is 84.8 cm³/mol.